The molecule has 4 aromatic carbocycles. The van der Waals surface area contributed by atoms with Crippen molar-refractivity contribution >= 4 is 55.3 Å². The number of pyridine rings is 2. The highest BCUT2D eigenvalue weighted by Crippen LogP contribution is 2.31. The zero-order chi connectivity index (χ0) is 50.3. The summed E-state index contributed by atoms with van der Waals surface area (Å²) >= 11 is 3.36. The molecule has 13 nitrogen and oxygen atoms in total. The van der Waals surface area contributed by atoms with Crippen molar-refractivity contribution in [1.29, 1.82) is 0 Å². The summed E-state index contributed by atoms with van der Waals surface area (Å²) in [5, 5.41) is 5.37. The van der Waals surface area contributed by atoms with Gasteiger partial charge in [0.05, 0.1) is 36.4 Å². The number of fused-ring (bicyclic) bond motifs is 2. The molecule has 1 aliphatic carbocycles. The van der Waals surface area contributed by atoms with E-state index in [9.17, 15) is 35.9 Å². The van der Waals surface area contributed by atoms with Gasteiger partial charge in [0.2, 0.25) is 11.9 Å². The summed E-state index contributed by atoms with van der Waals surface area (Å²) in [4.78, 5) is 46.0. The molecule has 0 radical (unpaired) electrons. The van der Waals surface area contributed by atoms with E-state index >= 15 is 0 Å². The van der Waals surface area contributed by atoms with Crippen LogP contribution < -0.4 is 36.1 Å². The number of hydrogen-bond acceptors (Lipinski definition) is 11. The van der Waals surface area contributed by atoms with E-state index in [0.717, 1.165) is 29.7 Å². The first-order valence-corrected chi connectivity index (χ1v) is 23.2. The van der Waals surface area contributed by atoms with Gasteiger partial charge in [0.15, 0.2) is 0 Å². The van der Waals surface area contributed by atoms with Gasteiger partial charge in [0.1, 0.15) is 24.6 Å². The van der Waals surface area contributed by atoms with Gasteiger partial charge in [-0.3, -0.25) is 18.7 Å². The van der Waals surface area contributed by atoms with Crippen molar-refractivity contribution in [2.75, 3.05) is 55.9 Å². The molecule has 2 aliphatic rings. The summed E-state index contributed by atoms with van der Waals surface area (Å²) < 4.78 is 90.1. The van der Waals surface area contributed by atoms with Gasteiger partial charge >= 0.3 is 12.4 Å². The van der Waals surface area contributed by atoms with Gasteiger partial charge in [0.25, 0.3) is 11.1 Å². The number of aromatic nitrogens is 6. The number of halogens is 7. The molecular formula is C51H46BrF6N9O4. The summed E-state index contributed by atoms with van der Waals surface area (Å²) in [5.74, 6) is 0.872. The number of benzene rings is 4. The third-order valence-corrected chi connectivity index (χ3v) is 12.1. The zero-order valence-electron chi connectivity index (χ0n) is 38.3. The fraction of sp³-hybridized carbons (Fsp3) is 0.255. The highest BCUT2D eigenvalue weighted by molar-refractivity contribution is 9.10. The summed E-state index contributed by atoms with van der Waals surface area (Å²) in [6.45, 7) is -0.588. The fourth-order valence-corrected chi connectivity index (χ4v) is 7.67. The Morgan fingerprint density at radius 2 is 0.930 bits per heavy atom. The Kier molecular flexibility index (Phi) is 15.2. The van der Waals surface area contributed by atoms with Gasteiger partial charge in [-0.15, -0.1) is 0 Å². The van der Waals surface area contributed by atoms with E-state index in [-0.39, 0.29) is 45.2 Å². The number of alkyl halides is 6. The van der Waals surface area contributed by atoms with E-state index in [1.165, 1.54) is 47.2 Å². The number of methoxy groups -OCH3 is 2. The highest BCUT2D eigenvalue weighted by Gasteiger charge is 2.28. The molecule has 368 valence electrons. The van der Waals surface area contributed by atoms with Crippen LogP contribution in [0.5, 0.6) is 11.5 Å². The minimum atomic E-state index is -4.43. The van der Waals surface area contributed by atoms with E-state index in [0.29, 0.717) is 44.8 Å². The van der Waals surface area contributed by atoms with Crippen LogP contribution in [0.1, 0.15) is 32.1 Å². The molecule has 0 bridgehead atoms. The van der Waals surface area contributed by atoms with Gasteiger partial charge in [-0.05, 0) is 90.3 Å². The van der Waals surface area contributed by atoms with Gasteiger partial charge in [-0.1, -0.05) is 65.9 Å². The van der Waals surface area contributed by atoms with Gasteiger partial charge < -0.3 is 25.0 Å². The Morgan fingerprint density at radius 1 is 0.549 bits per heavy atom. The lowest BCUT2D eigenvalue weighted by atomic mass is 10.0. The first kappa shape index (κ1) is 49.9. The van der Waals surface area contributed by atoms with Crippen molar-refractivity contribution in [3.05, 3.63) is 147 Å². The van der Waals surface area contributed by atoms with Crippen molar-refractivity contribution in [2.24, 2.45) is 0 Å². The van der Waals surface area contributed by atoms with Crippen LogP contribution in [0, 0.1) is 0 Å². The summed E-state index contributed by atoms with van der Waals surface area (Å²) in [6.07, 6.45) is 4.25. The molecule has 0 amide bonds. The third kappa shape index (κ3) is 12.3. The minimum absolute atomic E-state index is 0.199. The Bertz CT molecular complexity index is 3230. The second kappa shape index (κ2) is 21.7. The van der Waals surface area contributed by atoms with E-state index in [4.69, 9.17) is 9.47 Å². The van der Waals surface area contributed by atoms with E-state index < -0.39 is 25.4 Å². The van der Waals surface area contributed by atoms with E-state index in [1.54, 1.807) is 99.4 Å². The number of nitrogens with zero attached hydrogens (tertiary/aromatic N) is 7. The number of anilines is 3. The largest absolute Gasteiger partial charge is 0.497 e. The van der Waals surface area contributed by atoms with Gasteiger partial charge in [0, 0.05) is 70.2 Å². The van der Waals surface area contributed by atoms with Crippen molar-refractivity contribution in [3.8, 4) is 45.1 Å². The Hall–Kier alpha value is -7.48. The van der Waals surface area contributed by atoms with Crippen LogP contribution in [0.3, 0.4) is 0 Å². The quantitative estimate of drug-likeness (QED) is 0.120. The van der Waals surface area contributed by atoms with Gasteiger partial charge in [-0.2, -0.15) is 26.3 Å². The van der Waals surface area contributed by atoms with Crippen molar-refractivity contribution in [3.63, 3.8) is 0 Å². The molecule has 20 heteroatoms. The molecule has 2 N–H and O–H groups in total. The number of rotatable bonds is 11. The molecule has 4 aromatic heterocycles. The molecule has 8 aromatic rings. The first-order valence-electron chi connectivity index (χ1n) is 22.4. The highest BCUT2D eigenvalue weighted by atomic mass is 79.9. The molecule has 2 fully saturated rings. The second-order valence-corrected chi connectivity index (χ2v) is 17.4. The molecule has 1 saturated carbocycles. The zero-order valence-corrected chi connectivity index (χ0v) is 39.9. The minimum Gasteiger partial charge on any atom is -0.497 e. The lowest BCUT2D eigenvalue weighted by molar-refractivity contribution is -0.116. The average Bonchev–Trinajstić information content (AvgIpc) is 3.32. The normalized spacial score (nSPS) is 13.2. The van der Waals surface area contributed by atoms with Crippen LogP contribution in [0.25, 0.3) is 55.4 Å². The van der Waals surface area contributed by atoms with Crippen LogP contribution in [0.15, 0.2) is 136 Å². The summed E-state index contributed by atoms with van der Waals surface area (Å²) in [7, 11) is 3.10. The summed E-state index contributed by atoms with van der Waals surface area (Å²) in [6, 6.07) is 28.5. The number of nitrogens with one attached hydrogen (secondary N) is 2. The Balaban J connectivity index is 0.000000177. The van der Waals surface area contributed by atoms with Crippen LogP contribution in [0.2, 0.25) is 0 Å². The second-order valence-electron chi connectivity index (χ2n) is 16.5. The fourth-order valence-electron chi connectivity index (χ4n) is 7.41. The standard InChI is InChI=1S/C25H22F3N5O2.C22H16BrF3N4O2.C4H8/c1-35-20-9-7-19(8-10-20)33-14-17-13-29-24(30-15-25(26,27)28)31-22(17)21(23(33)34)16-3-5-18(6-4-16)32-11-2-12-32;1-32-17-8-6-16(7-9-17)30-11-14-10-27-21(28-12-22(24,25)26)29-19(14)18(20(30)31)13-2-4-15(23)5-3-13;1-2-4-3-1/h3-10,13-14H,2,11-12,15H2,1H3,(H,30,31);2-11H,12H2,1H3,(H,28,29);1-4H2. The number of hydrogen-bond donors (Lipinski definition) is 2. The van der Waals surface area contributed by atoms with Crippen molar-refractivity contribution < 1.29 is 35.8 Å². The lowest BCUT2D eigenvalue weighted by Crippen LogP contribution is -2.36. The van der Waals surface area contributed by atoms with Crippen LogP contribution >= 0.6 is 15.9 Å². The van der Waals surface area contributed by atoms with Crippen molar-refractivity contribution in [2.45, 2.75) is 44.5 Å². The molecular weight excluding hydrogens is 997 g/mol. The molecule has 0 unspecified atom stereocenters. The lowest BCUT2D eigenvalue weighted by Gasteiger charge is -2.33. The molecule has 0 spiro atoms. The molecule has 5 heterocycles. The Morgan fingerprint density at radius 3 is 1.27 bits per heavy atom. The molecule has 1 aliphatic heterocycles. The molecule has 1 saturated heterocycles. The number of ether oxygens (including phenoxy) is 2. The van der Waals surface area contributed by atoms with E-state index in [1.807, 2.05) is 24.3 Å². The average molecular weight is 1040 g/mol. The molecule has 10 rings (SSSR count). The summed E-state index contributed by atoms with van der Waals surface area (Å²) in [5.41, 5.74) is 3.79. The molecule has 0 atom stereocenters. The van der Waals surface area contributed by atoms with Gasteiger partial charge in [-0.25, -0.2) is 19.9 Å². The van der Waals surface area contributed by atoms with Crippen molar-refractivity contribution in [1.82, 2.24) is 29.1 Å². The predicted molar refractivity (Wildman–Crippen MR) is 266 cm³/mol. The van der Waals surface area contributed by atoms with E-state index in [2.05, 4.69) is 51.4 Å². The smallest absolute Gasteiger partial charge is 0.405 e. The Labute approximate surface area is 411 Å². The maximum atomic E-state index is 13.7. The molecule has 71 heavy (non-hydrogen) atoms. The maximum absolute atomic E-state index is 13.7. The maximum Gasteiger partial charge on any atom is 0.405 e. The first-order chi connectivity index (χ1) is 34.1. The predicted octanol–water partition coefficient (Wildman–Crippen LogP) is 11.4. The van der Waals surface area contributed by atoms with Crippen LogP contribution in [0.4, 0.5) is 43.9 Å². The topological polar surface area (TPSA) is 141 Å². The monoisotopic (exact) mass is 1040 g/mol. The third-order valence-electron chi connectivity index (χ3n) is 11.6. The van der Waals surface area contributed by atoms with Crippen LogP contribution in [-0.2, 0) is 0 Å². The SMILES string of the molecule is C1CCC1.COc1ccc(-n2cc3cnc(NCC(F)(F)F)nc3c(-c3ccc(Br)cc3)c2=O)cc1.COc1ccc(-n2cc3cnc(NCC(F)(F)F)nc3c(-c3ccc(N4CCC4)cc3)c2=O)cc1. The van der Waals surface area contributed by atoms with Crippen LogP contribution in [-0.4, -0.2) is 81.8 Å².